The molecule has 0 saturated carbocycles. The van der Waals surface area contributed by atoms with E-state index in [9.17, 15) is 9.59 Å². The molecule has 2 aromatic carbocycles. The molecule has 0 heterocycles. The molecule has 2 aromatic rings. The summed E-state index contributed by atoms with van der Waals surface area (Å²) in [5.74, 6) is 0.281. The quantitative estimate of drug-likeness (QED) is 0.699. The Hall–Kier alpha value is -2.82. The van der Waals surface area contributed by atoms with E-state index in [4.69, 9.17) is 4.74 Å². The van der Waals surface area contributed by atoms with Crippen molar-refractivity contribution in [2.45, 2.75) is 53.6 Å². The molecule has 0 aliphatic heterocycles. The zero-order chi connectivity index (χ0) is 21.4. The van der Waals surface area contributed by atoms with E-state index in [1.54, 1.807) is 11.8 Å². The van der Waals surface area contributed by atoms with Gasteiger partial charge in [0.05, 0.1) is 0 Å². The third-order valence-electron chi connectivity index (χ3n) is 4.99. The Kier molecular flexibility index (Phi) is 8.25. The number of ether oxygens (including phenoxy) is 1. The van der Waals surface area contributed by atoms with E-state index in [1.165, 1.54) is 5.56 Å². The van der Waals surface area contributed by atoms with Crippen molar-refractivity contribution in [1.82, 2.24) is 10.2 Å². The molecule has 156 valence electrons. The summed E-state index contributed by atoms with van der Waals surface area (Å²) in [5.41, 5.74) is 4.38. The fourth-order valence-electron chi connectivity index (χ4n) is 3.02. The van der Waals surface area contributed by atoms with E-state index < -0.39 is 6.04 Å². The maximum atomic E-state index is 13.0. The van der Waals surface area contributed by atoms with Crippen molar-refractivity contribution in [2.75, 3.05) is 13.2 Å². The van der Waals surface area contributed by atoms with Crippen LogP contribution in [0.2, 0.25) is 0 Å². The monoisotopic (exact) mass is 396 g/mol. The van der Waals surface area contributed by atoms with Crippen molar-refractivity contribution in [1.29, 1.82) is 0 Å². The predicted molar refractivity (Wildman–Crippen MR) is 116 cm³/mol. The topological polar surface area (TPSA) is 58.6 Å². The van der Waals surface area contributed by atoms with E-state index in [0.717, 1.165) is 23.1 Å². The predicted octanol–water partition coefficient (Wildman–Crippen LogP) is 3.93. The zero-order valence-electron chi connectivity index (χ0n) is 18.1. The van der Waals surface area contributed by atoms with Crippen LogP contribution < -0.4 is 10.1 Å². The van der Waals surface area contributed by atoms with Crippen LogP contribution in [0, 0.1) is 20.8 Å². The number of amides is 2. The second kappa shape index (κ2) is 10.6. The van der Waals surface area contributed by atoms with Crippen LogP contribution in [-0.2, 0) is 16.1 Å². The minimum Gasteiger partial charge on any atom is -0.484 e. The van der Waals surface area contributed by atoms with Crippen LogP contribution in [0.15, 0.2) is 42.5 Å². The van der Waals surface area contributed by atoms with Gasteiger partial charge in [-0.3, -0.25) is 9.59 Å². The van der Waals surface area contributed by atoms with E-state index in [1.807, 2.05) is 70.2 Å². The van der Waals surface area contributed by atoms with Gasteiger partial charge in [-0.25, -0.2) is 0 Å². The summed E-state index contributed by atoms with van der Waals surface area (Å²) >= 11 is 0. The highest BCUT2D eigenvalue weighted by molar-refractivity contribution is 5.87. The highest BCUT2D eigenvalue weighted by atomic mass is 16.5. The molecule has 0 aromatic heterocycles. The number of aryl methyl sites for hydroxylation is 3. The Balaban J connectivity index is 2.14. The van der Waals surface area contributed by atoms with Crippen LogP contribution in [0.25, 0.3) is 0 Å². The van der Waals surface area contributed by atoms with Gasteiger partial charge in [0.15, 0.2) is 6.61 Å². The smallest absolute Gasteiger partial charge is 0.261 e. The van der Waals surface area contributed by atoms with Gasteiger partial charge in [-0.15, -0.1) is 0 Å². The number of benzene rings is 2. The number of nitrogens with one attached hydrogen (secondary N) is 1. The Bertz CT molecular complexity index is 848. The molecule has 0 radical (unpaired) electrons. The molecule has 0 aliphatic carbocycles. The summed E-state index contributed by atoms with van der Waals surface area (Å²) in [7, 11) is 0. The molecule has 0 fully saturated rings. The van der Waals surface area contributed by atoms with Crippen LogP contribution in [0.1, 0.15) is 42.5 Å². The molecule has 0 saturated heterocycles. The van der Waals surface area contributed by atoms with Crippen molar-refractivity contribution in [2.24, 2.45) is 0 Å². The van der Waals surface area contributed by atoms with E-state index >= 15 is 0 Å². The second-order valence-corrected chi connectivity index (χ2v) is 7.51. The van der Waals surface area contributed by atoms with Gasteiger partial charge >= 0.3 is 0 Å². The zero-order valence-corrected chi connectivity index (χ0v) is 18.1. The summed E-state index contributed by atoms with van der Waals surface area (Å²) in [5, 5.41) is 2.88. The van der Waals surface area contributed by atoms with Crippen molar-refractivity contribution in [3.05, 3.63) is 64.7 Å². The standard InChI is InChI=1S/C24H32N2O3/c1-6-12-25-24(28)20(5)26(15-21-9-7-8-17(2)13-21)23(27)16-29-22-11-10-18(3)19(4)14-22/h7-11,13-14,20H,6,12,15-16H2,1-5H3,(H,25,28)/t20-/m1/s1. The number of hydrogen-bond donors (Lipinski definition) is 1. The maximum absolute atomic E-state index is 13.0. The Morgan fingerprint density at radius 1 is 1.07 bits per heavy atom. The lowest BCUT2D eigenvalue weighted by molar-refractivity contribution is -0.142. The third-order valence-corrected chi connectivity index (χ3v) is 4.99. The van der Waals surface area contributed by atoms with E-state index in [0.29, 0.717) is 18.8 Å². The molecular formula is C24H32N2O3. The van der Waals surface area contributed by atoms with Crippen molar-refractivity contribution in [3.63, 3.8) is 0 Å². The van der Waals surface area contributed by atoms with Crippen LogP contribution in [-0.4, -0.2) is 35.9 Å². The van der Waals surface area contributed by atoms with E-state index in [2.05, 4.69) is 5.32 Å². The SMILES string of the molecule is CCCNC(=O)[C@@H](C)N(Cc1cccc(C)c1)C(=O)COc1ccc(C)c(C)c1. The fraction of sp³-hybridized carbons (Fsp3) is 0.417. The minimum atomic E-state index is -0.585. The van der Waals surface area contributed by atoms with Crippen LogP contribution in [0.4, 0.5) is 0 Å². The van der Waals surface area contributed by atoms with Gasteiger partial charge in [0.25, 0.3) is 5.91 Å². The first-order chi connectivity index (χ1) is 13.8. The Labute approximate surface area is 174 Å². The highest BCUT2D eigenvalue weighted by Crippen LogP contribution is 2.17. The summed E-state index contributed by atoms with van der Waals surface area (Å²) in [6.07, 6.45) is 0.847. The average molecular weight is 397 g/mol. The Morgan fingerprint density at radius 3 is 2.48 bits per heavy atom. The summed E-state index contributed by atoms with van der Waals surface area (Å²) < 4.78 is 5.73. The maximum Gasteiger partial charge on any atom is 0.261 e. The molecule has 2 rings (SSSR count). The number of carbonyl (C=O) groups excluding carboxylic acids is 2. The van der Waals surface area contributed by atoms with E-state index in [-0.39, 0.29) is 18.4 Å². The number of rotatable bonds is 9. The van der Waals surface area contributed by atoms with Crippen molar-refractivity contribution >= 4 is 11.8 Å². The highest BCUT2D eigenvalue weighted by Gasteiger charge is 2.26. The lowest BCUT2D eigenvalue weighted by Gasteiger charge is -2.29. The van der Waals surface area contributed by atoms with Gasteiger partial charge in [-0.1, -0.05) is 42.8 Å². The molecular weight excluding hydrogens is 364 g/mol. The second-order valence-electron chi connectivity index (χ2n) is 7.51. The largest absolute Gasteiger partial charge is 0.484 e. The van der Waals surface area contributed by atoms with Crippen molar-refractivity contribution in [3.8, 4) is 5.75 Å². The van der Waals surface area contributed by atoms with Gasteiger partial charge in [0, 0.05) is 13.1 Å². The van der Waals surface area contributed by atoms with Gasteiger partial charge < -0.3 is 15.0 Å². The Morgan fingerprint density at radius 2 is 1.83 bits per heavy atom. The molecule has 5 nitrogen and oxygen atoms in total. The molecule has 29 heavy (non-hydrogen) atoms. The summed E-state index contributed by atoms with van der Waals surface area (Å²) in [4.78, 5) is 27.1. The molecule has 0 aliphatic rings. The molecule has 0 spiro atoms. The van der Waals surface area contributed by atoms with Crippen LogP contribution in [0.5, 0.6) is 5.75 Å². The van der Waals surface area contributed by atoms with Gasteiger partial charge in [-0.05, 0) is 62.9 Å². The normalized spacial score (nSPS) is 11.6. The molecule has 2 amide bonds. The third kappa shape index (κ3) is 6.63. The number of carbonyl (C=O) groups is 2. The van der Waals surface area contributed by atoms with Crippen molar-refractivity contribution < 1.29 is 14.3 Å². The van der Waals surface area contributed by atoms with Crippen LogP contribution in [0.3, 0.4) is 0 Å². The lowest BCUT2D eigenvalue weighted by Crippen LogP contribution is -2.49. The van der Waals surface area contributed by atoms with Gasteiger partial charge in [-0.2, -0.15) is 0 Å². The molecule has 0 unspecified atom stereocenters. The summed E-state index contributed by atoms with van der Waals surface area (Å²) in [6.45, 7) is 10.6. The summed E-state index contributed by atoms with van der Waals surface area (Å²) in [6, 6.07) is 13.1. The molecule has 5 heteroatoms. The van der Waals surface area contributed by atoms with Crippen LogP contribution >= 0.6 is 0 Å². The number of nitrogens with zero attached hydrogens (tertiary/aromatic N) is 1. The lowest BCUT2D eigenvalue weighted by atomic mass is 10.1. The fourth-order valence-corrected chi connectivity index (χ4v) is 3.02. The first kappa shape index (κ1) is 22.5. The molecule has 1 N–H and O–H groups in total. The molecule has 1 atom stereocenters. The first-order valence-electron chi connectivity index (χ1n) is 10.1. The number of hydrogen-bond acceptors (Lipinski definition) is 3. The van der Waals surface area contributed by atoms with Gasteiger partial charge in [0.2, 0.25) is 5.91 Å². The van der Waals surface area contributed by atoms with Gasteiger partial charge in [0.1, 0.15) is 11.8 Å². The average Bonchev–Trinajstić information content (AvgIpc) is 2.70. The minimum absolute atomic E-state index is 0.111. The first-order valence-corrected chi connectivity index (χ1v) is 10.1. The molecule has 0 bridgehead atoms.